The number of rotatable bonds is 8. The van der Waals surface area contributed by atoms with E-state index >= 15 is 0 Å². The molecule has 0 bridgehead atoms. The Morgan fingerprint density at radius 1 is 1.07 bits per heavy atom. The van der Waals surface area contributed by atoms with E-state index in [1.165, 1.54) is 6.07 Å². The van der Waals surface area contributed by atoms with Crippen molar-refractivity contribution in [2.45, 2.75) is 25.9 Å². The number of anilines is 1. The van der Waals surface area contributed by atoms with Crippen LogP contribution in [0.4, 0.5) is 5.69 Å². The van der Waals surface area contributed by atoms with Crippen molar-refractivity contribution in [3.8, 4) is 5.75 Å². The lowest BCUT2D eigenvalue weighted by Gasteiger charge is -2.15. The van der Waals surface area contributed by atoms with Crippen LogP contribution in [0.5, 0.6) is 5.75 Å². The minimum Gasteiger partial charge on any atom is -0.497 e. The number of benzene rings is 2. The molecule has 154 valence electrons. The average Bonchev–Trinajstić information content (AvgIpc) is 2.76. The molecule has 1 atom stereocenters. The lowest BCUT2D eigenvalue weighted by molar-refractivity contribution is -0.136. The molecule has 8 heteroatoms. The molecule has 0 saturated carbocycles. The summed E-state index contributed by atoms with van der Waals surface area (Å²) < 4.78 is 5.16. The monoisotopic (exact) mass is 399 g/mol. The zero-order valence-electron chi connectivity index (χ0n) is 16.4. The van der Waals surface area contributed by atoms with Crippen molar-refractivity contribution in [2.75, 3.05) is 19.0 Å². The summed E-state index contributed by atoms with van der Waals surface area (Å²) in [5, 5.41) is 16.8. The number of methoxy groups -OCH3 is 1. The minimum atomic E-state index is -0.912. The molecule has 0 spiro atoms. The van der Waals surface area contributed by atoms with Crippen LogP contribution >= 0.6 is 0 Å². The first-order valence-electron chi connectivity index (χ1n) is 9.21. The van der Waals surface area contributed by atoms with Crippen molar-refractivity contribution in [2.24, 2.45) is 0 Å². The smallest absolute Gasteiger partial charge is 0.313 e. The third-order valence-electron chi connectivity index (χ3n) is 4.26. The molecule has 0 aliphatic rings. The molecule has 0 aliphatic heterocycles. The van der Waals surface area contributed by atoms with Crippen molar-refractivity contribution >= 4 is 23.4 Å². The van der Waals surface area contributed by atoms with E-state index in [2.05, 4.69) is 16.0 Å². The van der Waals surface area contributed by atoms with Crippen LogP contribution in [0.25, 0.3) is 0 Å². The Morgan fingerprint density at radius 2 is 1.83 bits per heavy atom. The number of ether oxygens (including phenoxy) is 1. The summed E-state index contributed by atoms with van der Waals surface area (Å²) in [5.41, 5.74) is 1.30. The largest absolute Gasteiger partial charge is 0.497 e. The van der Waals surface area contributed by atoms with Gasteiger partial charge in [0.15, 0.2) is 0 Å². The number of amides is 3. The van der Waals surface area contributed by atoms with Gasteiger partial charge in [0.25, 0.3) is 5.91 Å². The van der Waals surface area contributed by atoms with E-state index in [1.54, 1.807) is 38.3 Å². The summed E-state index contributed by atoms with van der Waals surface area (Å²) in [6.07, 6.45) is 0.485. The fourth-order valence-electron chi connectivity index (χ4n) is 2.56. The van der Waals surface area contributed by atoms with Crippen LogP contribution in [0.1, 0.15) is 29.3 Å². The highest BCUT2D eigenvalue weighted by Gasteiger charge is 2.20. The first kappa shape index (κ1) is 21.9. The Labute approximate surface area is 169 Å². The second-order valence-corrected chi connectivity index (χ2v) is 6.30. The Morgan fingerprint density at radius 3 is 2.52 bits per heavy atom. The molecule has 4 N–H and O–H groups in total. The molecule has 2 aromatic carbocycles. The zero-order valence-corrected chi connectivity index (χ0v) is 16.4. The van der Waals surface area contributed by atoms with Crippen molar-refractivity contribution < 1.29 is 24.2 Å². The second-order valence-electron chi connectivity index (χ2n) is 6.30. The highest BCUT2D eigenvalue weighted by Crippen LogP contribution is 2.16. The molecule has 0 saturated heterocycles. The number of para-hydroxylation sites is 1. The molecule has 29 heavy (non-hydrogen) atoms. The van der Waals surface area contributed by atoms with E-state index in [0.29, 0.717) is 12.2 Å². The van der Waals surface area contributed by atoms with Gasteiger partial charge in [0.2, 0.25) is 0 Å². The van der Waals surface area contributed by atoms with Crippen LogP contribution in [0, 0.1) is 0 Å². The Bertz CT molecular complexity index is 865. The third kappa shape index (κ3) is 6.32. The zero-order chi connectivity index (χ0) is 21.2. The lowest BCUT2D eigenvalue weighted by Crippen LogP contribution is -2.43. The molecule has 3 amide bonds. The van der Waals surface area contributed by atoms with Crippen molar-refractivity contribution in [1.82, 2.24) is 10.6 Å². The van der Waals surface area contributed by atoms with Crippen molar-refractivity contribution in [3.05, 3.63) is 59.7 Å². The Kier molecular flexibility index (Phi) is 8.17. The maximum absolute atomic E-state index is 12.6. The van der Waals surface area contributed by atoms with Crippen molar-refractivity contribution in [1.29, 1.82) is 0 Å². The van der Waals surface area contributed by atoms with E-state index in [0.717, 1.165) is 5.56 Å². The summed E-state index contributed by atoms with van der Waals surface area (Å²) >= 11 is 0. The summed E-state index contributed by atoms with van der Waals surface area (Å²) in [6.45, 7) is 1.79. The third-order valence-corrected chi connectivity index (χ3v) is 4.26. The predicted octanol–water partition coefficient (Wildman–Crippen LogP) is 1.45. The van der Waals surface area contributed by atoms with Gasteiger partial charge in [-0.05, 0) is 36.2 Å². The van der Waals surface area contributed by atoms with Gasteiger partial charge >= 0.3 is 11.8 Å². The number of hydrogen-bond donors (Lipinski definition) is 4. The van der Waals surface area contributed by atoms with Crippen LogP contribution in [0.15, 0.2) is 48.5 Å². The van der Waals surface area contributed by atoms with Crippen LogP contribution < -0.4 is 20.7 Å². The molecular formula is C21H25N3O5. The van der Waals surface area contributed by atoms with Gasteiger partial charge in [-0.25, -0.2) is 0 Å². The maximum Gasteiger partial charge on any atom is 0.313 e. The molecule has 2 aromatic rings. The van der Waals surface area contributed by atoms with E-state index in [9.17, 15) is 14.4 Å². The fourth-order valence-corrected chi connectivity index (χ4v) is 2.56. The van der Waals surface area contributed by atoms with Gasteiger partial charge in [0.1, 0.15) is 5.75 Å². The lowest BCUT2D eigenvalue weighted by atomic mass is 10.1. The molecule has 0 aliphatic carbocycles. The average molecular weight is 399 g/mol. The van der Waals surface area contributed by atoms with E-state index in [1.807, 2.05) is 18.2 Å². The molecule has 0 fully saturated rings. The highest BCUT2D eigenvalue weighted by molar-refractivity contribution is 6.40. The molecular weight excluding hydrogens is 374 g/mol. The maximum atomic E-state index is 12.6. The Balaban J connectivity index is 2.04. The first-order valence-corrected chi connectivity index (χ1v) is 9.21. The number of hydrogen-bond acceptors (Lipinski definition) is 5. The second kappa shape index (κ2) is 10.8. The number of carbonyl (C=O) groups excluding carboxylic acids is 3. The summed E-state index contributed by atoms with van der Waals surface area (Å²) in [5.74, 6) is -1.50. The van der Waals surface area contributed by atoms with Gasteiger partial charge in [0, 0.05) is 6.54 Å². The fraction of sp³-hybridized carbons (Fsp3) is 0.286. The van der Waals surface area contributed by atoms with Crippen LogP contribution in [-0.4, -0.2) is 42.6 Å². The van der Waals surface area contributed by atoms with Gasteiger partial charge in [-0.2, -0.15) is 0 Å². The normalized spacial score (nSPS) is 11.3. The van der Waals surface area contributed by atoms with Crippen molar-refractivity contribution in [3.63, 3.8) is 0 Å². The SMILES string of the molecule is CC[C@H](CO)NC(=O)C(=O)Nc1ccccc1C(=O)NCc1cccc(OC)c1. The van der Waals surface area contributed by atoms with Gasteiger partial charge in [-0.15, -0.1) is 0 Å². The van der Waals surface area contributed by atoms with Gasteiger partial charge in [-0.3, -0.25) is 14.4 Å². The topological polar surface area (TPSA) is 117 Å². The van der Waals surface area contributed by atoms with Crippen LogP contribution in [-0.2, 0) is 16.1 Å². The highest BCUT2D eigenvalue weighted by atomic mass is 16.5. The summed E-state index contributed by atoms with van der Waals surface area (Å²) in [4.78, 5) is 36.7. The van der Waals surface area contributed by atoms with E-state index in [4.69, 9.17) is 9.84 Å². The van der Waals surface area contributed by atoms with E-state index in [-0.39, 0.29) is 24.4 Å². The first-order chi connectivity index (χ1) is 14.0. The molecule has 0 heterocycles. The molecule has 2 rings (SSSR count). The van der Waals surface area contributed by atoms with Crippen LogP contribution in [0.3, 0.4) is 0 Å². The number of nitrogens with one attached hydrogen (secondary N) is 3. The van der Waals surface area contributed by atoms with E-state index < -0.39 is 23.8 Å². The molecule has 8 nitrogen and oxygen atoms in total. The van der Waals surface area contributed by atoms with Crippen LogP contribution in [0.2, 0.25) is 0 Å². The minimum absolute atomic E-state index is 0.216. The molecule has 0 radical (unpaired) electrons. The number of aliphatic hydroxyl groups excluding tert-OH is 1. The number of carbonyl (C=O) groups is 3. The molecule has 0 aromatic heterocycles. The van der Waals surface area contributed by atoms with Gasteiger partial charge in [0.05, 0.1) is 31.0 Å². The number of aliphatic hydroxyl groups is 1. The van der Waals surface area contributed by atoms with Gasteiger partial charge in [-0.1, -0.05) is 31.2 Å². The Hall–Kier alpha value is -3.39. The van der Waals surface area contributed by atoms with Gasteiger partial charge < -0.3 is 25.8 Å². The quantitative estimate of drug-likeness (QED) is 0.502. The molecule has 0 unspecified atom stereocenters. The standard InChI is InChI=1S/C21H25N3O5/c1-3-15(13-25)23-20(27)21(28)24-18-10-5-4-9-17(18)19(26)22-12-14-7-6-8-16(11-14)29-2/h4-11,15,25H,3,12-13H2,1-2H3,(H,22,26)(H,23,27)(H,24,28)/t15-/m1/s1. The summed E-state index contributed by atoms with van der Waals surface area (Å²) in [6, 6.07) is 13.2. The predicted molar refractivity (Wildman–Crippen MR) is 109 cm³/mol. The summed E-state index contributed by atoms with van der Waals surface area (Å²) in [7, 11) is 1.57.